The molecule has 0 aliphatic rings. The zero-order valence-electron chi connectivity index (χ0n) is 8.86. The number of phenols is 1. The van der Waals surface area contributed by atoms with Gasteiger partial charge in [-0.3, -0.25) is 14.9 Å². The molecule has 2 rings (SSSR count). The van der Waals surface area contributed by atoms with Crippen LogP contribution < -0.4 is 5.32 Å². The molecule has 0 saturated carbocycles. The Balaban J connectivity index is 2.26. The molecule has 1 aromatic carbocycles. The van der Waals surface area contributed by atoms with E-state index in [4.69, 9.17) is 0 Å². The summed E-state index contributed by atoms with van der Waals surface area (Å²) in [4.78, 5) is 21.5. The monoisotopic (exact) mass is 249 g/mol. The number of nitro groups is 1. The standard InChI is InChI=1S/C10H7N3O5/c14-9-2-1-6(13(16)17)5-8(9)11-10(15)7-3-4-18-12-7/h1-5,14H,(H,11,15). The highest BCUT2D eigenvalue weighted by molar-refractivity contribution is 6.03. The zero-order chi connectivity index (χ0) is 13.1. The largest absolute Gasteiger partial charge is 0.506 e. The molecular formula is C10H7N3O5. The van der Waals surface area contributed by atoms with Gasteiger partial charge in [-0.25, -0.2) is 0 Å². The summed E-state index contributed by atoms with van der Waals surface area (Å²) in [6, 6.07) is 4.62. The second-order valence-electron chi connectivity index (χ2n) is 3.30. The minimum Gasteiger partial charge on any atom is -0.506 e. The first kappa shape index (κ1) is 11.6. The van der Waals surface area contributed by atoms with E-state index in [0.29, 0.717) is 0 Å². The number of hydrogen-bond acceptors (Lipinski definition) is 6. The van der Waals surface area contributed by atoms with Crippen LogP contribution in [-0.4, -0.2) is 21.1 Å². The average Bonchev–Trinajstić information content (AvgIpc) is 2.85. The van der Waals surface area contributed by atoms with Gasteiger partial charge in [0, 0.05) is 18.2 Å². The number of nitro benzene ring substituents is 1. The summed E-state index contributed by atoms with van der Waals surface area (Å²) in [6.07, 6.45) is 1.21. The van der Waals surface area contributed by atoms with Crippen LogP contribution in [-0.2, 0) is 0 Å². The number of anilines is 1. The molecule has 0 bridgehead atoms. The van der Waals surface area contributed by atoms with E-state index in [1.165, 1.54) is 12.3 Å². The van der Waals surface area contributed by atoms with E-state index in [2.05, 4.69) is 15.0 Å². The molecule has 2 aromatic rings. The van der Waals surface area contributed by atoms with Gasteiger partial charge in [-0.15, -0.1) is 0 Å². The van der Waals surface area contributed by atoms with Crippen molar-refractivity contribution in [3.63, 3.8) is 0 Å². The van der Waals surface area contributed by atoms with Crippen LogP contribution in [0.25, 0.3) is 0 Å². The molecular weight excluding hydrogens is 242 g/mol. The van der Waals surface area contributed by atoms with Crippen molar-refractivity contribution in [2.75, 3.05) is 5.32 Å². The van der Waals surface area contributed by atoms with Crippen molar-refractivity contribution in [3.8, 4) is 5.75 Å². The Bertz CT molecular complexity index is 594. The highest BCUT2D eigenvalue weighted by atomic mass is 16.6. The number of non-ortho nitro benzene ring substituents is 1. The van der Waals surface area contributed by atoms with Gasteiger partial charge in [-0.05, 0) is 6.07 Å². The number of rotatable bonds is 3. The Hall–Kier alpha value is -2.90. The maximum atomic E-state index is 11.6. The number of phenolic OH excluding ortho intramolecular Hbond substituents is 1. The summed E-state index contributed by atoms with van der Waals surface area (Å²) in [5.41, 5.74) is -0.318. The van der Waals surface area contributed by atoms with Crippen molar-refractivity contribution < 1.29 is 19.3 Å². The van der Waals surface area contributed by atoms with E-state index in [1.807, 2.05) is 0 Å². The van der Waals surface area contributed by atoms with Crippen LogP contribution in [0.15, 0.2) is 35.1 Å². The molecule has 0 saturated heterocycles. The predicted molar refractivity (Wildman–Crippen MR) is 59.2 cm³/mol. The van der Waals surface area contributed by atoms with Crippen molar-refractivity contribution in [2.45, 2.75) is 0 Å². The molecule has 0 unspecified atom stereocenters. The van der Waals surface area contributed by atoms with E-state index >= 15 is 0 Å². The number of nitrogens with one attached hydrogen (secondary N) is 1. The Morgan fingerprint density at radius 2 is 2.22 bits per heavy atom. The highest BCUT2D eigenvalue weighted by Gasteiger charge is 2.15. The summed E-state index contributed by atoms with van der Waals surface area (Å²) in [6.45, 7) is 0. The predicted octanol–water partition coefficient (Wildman–Crippen LogP) is 1.54. The normalized spacial score (nSPS) is 10.0. The molecule has 8 nitrogen and oxygen atoms in total. The quantitative estimate of drug-likeness (QED) is 0.483. The zero-order valence-corrected chi connectivity index (χ0v) is 8.86. The topological polar surface area (TPSA) is 118 Å². The van der Waals surface area contributed by atoms with Crippen LogP contribution in [0.4, 0.5) is 11.4 Å². The summed E-state index contributed by atoms with van der Waals surface area (Å²) >= 11 is 0. The van der Waals surface area contributed by atoms with Crippen LogP contribution in [0.2, 0.25) is 0 Å². The molecule has 0 fully saturated rings. The maximum Gasteiger partial charge on any atom is 0.277 e. The van der Waals surface area contributed by atoms with Crippen LogP contribution in [0.5, 0.6) is 5.75 Å². The Morgan fingerprint density at radius 3 is 2.83 bits per heavy atom. The summed E-state index contributed by atoms with van der Waals surface area (Å²) in [5.74, 6) is -0.919. The first-order chi connectivity index (χ1) is 8.58. The van der Waals surface area contributed by atoms with Gasteiger partial charge in [0.25, 0.3) is 11.6 Å². The number of benzene rings is 1. The van der Waals surface area contributed by atoms with E-state index in [9.17, 15) is 20.0 Å². The molecule has 92 valence electrons. The lowest BCUT2D eigenvalue weighted by atomic mass is 10.2. The molecule has 8 heteroatoms. The van der Waals surface area contributed by atoms with Crippen molar-refractivity contribution in [3.05, 3.63) is 46.3 Å². The first-order valence-electron chi connectivity index (χ1n) is 4.77. The molecule has 2 N–H and O–H groups in total. The molecule has 0 aliphatic heterocycles. The molecule has 1 amide bonds. The van der Waals surface area contributed by atoms with Gasteiger partial charge >= 0.3 is 0 Å². The molecule has 1 aromatic heterocycles. The minimum absolute atomic E-state index is 0.000839. The Morgan fingerprint density at radius 1 is 1.44 bits per heavy atom. The SMILES string of the molecule is O=C(Nc1cc([N+](=O)[O-])ccc1O)c1ccon1. The summed E-state index contributed by atoms with van der Waals surface area (Å²) < 4.78 is 4.48. The van der Waals surface area contributed by atoms with Crippen molar-refractivity contribution in [1.82, 2.24) is 5.16 Å². The molecule has 1 heterocycles. The van der Waals surface area contributed by atoms with Crippen LogP contribution >= 0.6 is 0 Å². The maximum absolute atomic E-state index is 11.6. The number of amides is 1. The summed E-state index contributed by atoms with van der Waals surface area (Å²) in [5, 5.41) is 25.7. The summed E-state index contributed by atoms with van der Waals surface area (Å²) in [7, 11) is 0. The van der Waals surface area contributed by atoms with Crippen LogP contribution in [0.3, 0.4) is 0 Å². The van der Waals surface area contributed by atoms with Gasteiger partial charge in [0.05, 0.1) is 10.6 Å². The molecule has 0 radical (unpaired) electrons. The number of nitrogens with zero attached hydrogens (tertiary/aromatic N) is 2. The molecule has 0 spiro atoms. The van der Waals surface area contributed by atoms with E-state index in [-0.39, 0.29) is 22.8 Å². The molecule has 0 atom stereocenters. The fourth-order valence-electron chi connectivity index (χ4n) is 1.25. The second kappa shape index (κ2) is 4.53. The van der Waals surface area contributed by atoms with Crippen LogP contribution in [0, 0.1) is 10.1 Å². The third-order valence-electron chi connectivity index (χ3n) is 2.11. The number of aromatic hydroxyl groups is 1. The first-order valence-corrected chi connectivity index (χ1v) is 4.77. The third kappa shape index (κ3) is 2.26. The number of carbonyl (C=O) groups is 1. The Kier molecular flexibility index (Phi) is 2.92. The minimum atomic E-state index is -0.639. The van der Waals surface area contributed by atoms with E-state index in [0.717, 1.165) is 18.2 Å². The highest BCUT2D eigenvalue weighted by Crippen LogP contribution is 2.28. The number of hydrogen-bond donors (Lipinski definition) is 2. The van der Waals surface area contributed by atoms with Gasteiger partial charge in [-0.1, -0.05) is 5.16 Å². The lowest BCUT2D eigenvalue weighted by Crippen LogP contribution is -2.12. The third-order valence-corrected chi connectivity index (χ3v) is 2.11. The van der Waals surface area contributed by atoms with Crippen molar-refractivity contribution in [2.24, 2.45) is 0 Å². The Labute approximate surface area is 100.0 Å². The lowest BCUT2D eigenvalue weighted by molar-refractivity contribution is -0.384. The van der Waals surface area contributed by atoms with E-state index in [1.54, 1.807) is 0 Å². The lowest BCUT2D eigenvalue weighted by Gasteiger charge is -2.04. The second-order valence-corrected chi connectivity index (χ2v) is 3.30. The smallest absolute Gasteiger partial charge is 0.277 e. The molecule has 18 heavy (non-hydrogen) atoms. The van der Waals surface area contributed by atoms with Gasteiger partial charge in [-0.2, -0.15) is 0 Å². The molecule has 0 aliphatic carbocycles. The van der Waals surface area contributed by atoms with Gasteiger partial charge in [0.1, 0.15) is 12.0 Å². The number of carbonyl (C=O) groups excluding carboxylic acids is 1. The van der Waals surface area contributed by atoms with Crippen LogP contribution in [0.1, 0.15) is 10.5 Å². The average molecular weight is 249 g/mol. The number of aromatic nitrogens is 1. The van der Waals surface area contributed by atoms with Crippen molar-refractivity contribution >= 4 is 17.3 Å². The van der Waals surface area contributed by atoms with Gasteiger partial charge < -0.3 is 14.9 Å². The van der Waals surface area contributed by atoms with Crippen molar-refractivity contribution in [1.29, 1.82) is 0 Å². The van der Waals surface area contributed by atoms with Gasteiger partial charge in [0.2, 0.25) is 0 Å². The van der Waals surface area contributed by atoms with Gasteiger partial charge in [0.15, 0.2) is 5.69 Å². The fraction of sp³-hybridized carbons (Fsp3) is 0. The fourth-order valence-corrected chi connectivity index (χ4v) is 1.25. The van der Waals surface area contributed by atoms with E-state index < -0.39 is 10.8 Å².